The van der Waals surface area contributed by atoms with E-state index in [1.165, 1.54) is 6.08 Å². The highest BCUT2D eigenvalue weighted by atomic mass is 16.3. The van der Waals surface area contributed by atoms with E-state index in [-0.39, 0.29) is 28.8 Å². The van der Waals surface area contributed by atoms with Crippen LogP contribution >= 0.6 is 0 Å². The average Bonchev–Trinajstić information content (AvgIpc) is 2.45. The van der Waals surface area contributed by atoms with Gasteiger partial charge in [0.15, 0.2) is 11.6 Å². The van der Waals surface area contributed by atoms with Crippen molar-refractivity contribution in [1.82, 2.24) is 4.90 Å². The van der Waals surface area contributed by atoms with E-state index in [1.807, 2.05) is 0 Å². The standard InChI is InChI=1S/C17H20N2O5/c1-19(2)13-8-6-7-4-3-5-9(20)10(7)14(21)11(8)15(22)12(16(13)23)17(18)24/h3,5,7-8,11,13,21,23H,4,6H2,1-2H3,(H2,18,24)/t7?,8?,11?,13-/m0/s1. The quantitative estimate of drug-likeness (QED) is 0.629. The Morgan fingerprint density at radius 2 is 1.92 bits per heavy atom. The topological polar surface area (TPSA) is 121 Å². The molecule has 0 spiro atoms. The van der Waals surface area contributed by atoms with Crippen molar-refractivity contribution in [2.45, 2.75) is 18.9 Å². The fourth-order valence-electron chi connectivity index (χ4n) is 4.27. The van der Waals surface area contributed by atoms with Gasteiger partial charge in [0, 0.05) is 5.57 Å². The Labute approximate surface area is 139 Å². The lowest BCUT2D eigenvalue weighted by molar-refractivity contribution is -0.127. The number of nitrogens with two attached hydrogens (primary N) is 1. The highest BCUT2D eigenvalue weighted by Crippen LogP contribution is 2.48. The van der Waals surface area contributed by atoms with Crippen molar-refractivity contribution in [3.05, 3.63) is 34.8 Å². The summed E-state index contributed by atoms with van der Waals surface area (Å²) in [5, 5.41) is 21.1. The zero-order chi connectivity index (χ0) is 17.8. The molecule has 4 N–H and O–H groups in total. The number of aliphatic hydroxyl groups is 2. The van der Waals surface area contributed by atoms with Crippen molar-refractivity contribution < 1.29 is 24.6 Å². The first-order valence-electron chi connectivity index (χ1n) is 7.83. The van der Waals surface area contributed by atoms with Crippen LogP contribution in [0, 0.1) is 17.8 Å². The van der Waals surface area contributed by atoms with Gasteiger partial charge in [-0.2, -0.15) is 0 Å². The van der Waals surface area contributed by atoms with Crippen LogP contribution in [-0.2, 0) is 14.4 Å². The molecular weight excluding hydrogens is 312 g/mol. The van der Waals surface area contributed by atoms with Crippen LogP contribution in [0.5, 0.6) is 0 Å². The van der Waals surface area contributed by atoms with Gasteiger partial charge >= 0.3 is 0 Å². The van der Waals surface area contributed by atoms with E-state index in [0.717, 1.165) is 0 Å². The van der Waals surface area contributed by atoms with Gasteiger partial charge < -0.3 is 15.9 Å². The molecule has 0 aromatic heterocycles. The largest absolute Gasteiger partial charge is 0.511 e. The van der Waals surface area contributed by atoms with Crippen molar-refractivity contribution in [3.8, 4) is 0 Å². The van der Waals surface area contributed by atoms with E-state index >= 15 is 0 Å². The molecule has 0 saturated heterocycles. The van der Waals surface area contributed by atoms with Gasteiger partial charge in [0.05, 0.1) is 12.0 Å². The van der Waals surface area contributed by atoms with Crippen LogP contribution in [0.15, 0.2) is 34.8 Å². The Morgan fingerprint density at radius 1 is 1.25 bits per heavy atom. The molecule has 0 aromatic rings. The third-order valence-electron chi connectivity index (χ3n) is 5.19. The summed E-state index contributed by atoms with van der Waals surface area (Å²) in [5.74, 6) is -4.34. The minimum Gasteiger partial charge on any atom is -0.511 e. The highest BCUT2D eigenvalue weighted by molar-refractivity contribution is 6.21. The van der Waals surface area contributed by atoms with Crippen molar-refractivity contribution in [2.24, 2.45) is 23.5 Å². The van der Waals surface area contributed by atoms with Gasteiger partial charge in [0.25, 0.3) is 5.91 Å². The normalized spacial score (nSPS) is 33.0. The number of aliphatic hydroxyl groups excluding tert-OH is 2. The molecule has 0 aromatic carbocycles. The number of Topliss-reactive ketones (excluding diaryl/α,β-unsaturated/α-hetero) is 1. The maximum Gasteiger partial charge on any atom is 0.255 e. The number of fused-ring (bicyclic) bond motifs is 2. The Bertz CT molecular complexity index is 731. The predicted molar refractivity (Wildman–Crippen MR) is 84.8 cm³/mol. The van der Waals surface area contributed by atoms with Crippen molar-refractivity contribution in [1.29, 1.82) is 0 Å². The second-order valence-corrected chi connectivity index (χ2v) is 6.77. The molecule has 0 bridgehead atoms. The Morgan fingerprint density at radius 3 is 2.50 bits per heavy atom. The molecule has 0 aliphatic heterocycles. The predicted octanol–water partition coefficient (Wildman–Crippen LogP) is 0.390. The molecule has 0 radical (unpaired) electrons. The lowest BCUT2D eigenvalue weighted by Crippen LogP contribution is -2.52. The lowest BCUT2D eigenvalue weighted by atomic mass is 9.62. The molecule has 3 aliphatic carbocycles. The summed E-state index contributed by atoms with van der Waals surface area (Å²) in [6, 6.07) is -0.625. The number of primary amides is 1. The fourth-order valence-corrected chi connectivity index (χ4v) is 4.27. The summed E-state index contributed by atoms with van der Waals surface area (Å²) in [4.78, 5) is 38.2. The van der Waals surface area contributed by atoms with E-state index in [1.54, 1.807) is 25.1 Å². The number of carbonyl (C=O) groups is 3. The number of allylic oxidation sites excluding steroid dienone is 4. The van der Waals surface area contributed by atoms with Crippen molar-refractivity contribution >= 4 is 17.5 Å². The molecule has 0 heterocycles. The molecule has 7 nitrogen and oxygen atoms in total. The first-order chi connectivity index (χ1) is 11.3. The van der Waals surface area contributed by atoms with Gasteiger partial charge in [-0.3, -0.25) is 19.3 Å². The van der Waals surface area contributed by atoms with Crippen LogP contribution in [0.1, 0.15) is 12.8 Å². The van der Waals surface area contributed by atoms with E-state index in [9.17, 15) is 24.6 Å². The number of hydrogen-bond acceptors (Lipinski definition) is 6. The van der Waals surface area contributed by atoms with Crippen LogP contribution in [0.4, 0.5) is 0 Å². The monoisotopic (exact) mass is 332 g/mol. The highest BCUT2D eigenvalue weighted by Gasteiger charge is 2.53. The lowest BCUT2D eigenvalue weighted by Gasteiger charge is -2.45. The van der Waals surface area contributed by atoms with Crippen LogP contribution in [0.3, 0.4) is 0 Å². The Hall–Kier alpha value is -2.41. The second-order valence-electron chi connectivity index (χ2n) is 6.77. The SMILES string of the molecule is CN(C)[C@@H]1C(O)=C(C(N)=O)C(=O)C2C(O)=C3C(=O)C=CCC3CC21. The molecule has 128 valence electrons. The molecule has 7 heteroatoms. The smallest absolute Gasteiger partial charge is 0.255 e. The van der Waals surface area contributed by atoms with Crippen molar-refractivity contribution in [3.63, 3.8) is 0 Å². The van der Waals surface area contributed by atoms with Crippen LogP contribution in [-0.4, -0.2) is 52.7 Å². The maximum atomic E-state index is 12.7. The Kier molecular flexibility index (Phi) is 3.83. The molecule has 3 unspecified atom stereocenters. The molecule has 0 fully saturated rings. The summed E-state index contributed by atoms with van der Waals surface area (Å²) in [7, 11) is 3.43. The van der Waals surface area contributed by atoms with E-state index in [4.69, 9.17) is 5.73 Å². The molecule has 3 aliphatic rings. The van der Waals surface area contributed by atoms with Gasteiger partial charge in [0.1, 0.15) is 17.1 Å². The number of nitrogens with zero attached hydrogens (tertiary/aromatic N) is 1. The minimum absolute atomic E-state index is 0.193. The first kappa shape index (κ1) is 16.4. The number of carbonyl (C=O) groups excluding carboxylic acids is 3. The van der Waals surface area contributed by atoms with Gasteiger partial charge in [-0.25, -0.2) is 0 Å². The number of likely N-dealkylation sites (N-methyl/N-ethyl adjacent to an activating group) is 1. The maximum absolute atomic E-state index is 12.7. The van der Waals surface area contributed by atoms with Crippen LogP contribution < -0.4 is 5.73 Å². The number of hydrogen-bond donors (Lipinski definition) is 3. The molecule has 3 rings (SSSR count). The van der Waals surface area contributed by atoms with E-state index in [0.29, 0.717) is 12.8 Å². The van der Waals surface area contributed by atoms with Crippen LogP contribution in [0.2, 0.25) is 0 Å². The van der Waals surface area contributed by atoms with Gasteiger partial charge in [0.2, 0.25) is 0 Å². The summed E-state index contributed by atoms with van der Waals surface area (Å²) >= 11 is 0. The fraction of sp³-hybridized carbons (Fsp3) is 0.471. The summed E-state index contributed by atoms with van der Waals surface area (Å²) in [6.45, 7) is 0. The molecule has 1 amide bonds. The van der Waals surface area contributed by atoms with Gasteiger partial charge in [-0.15, -0.1) is 0 Å². The van der Waals surface area contributed by atoms with Gasteiger partial charge in [-0.05, 0) is 44.8 Å². The third kappa shape index (κ3) is 2.19. The summed E-state index contributed by atoms with van der Waals surface area (Å²) in [6.07, 6.45) is 4.20. The molecule has 0 saturated carbocycles. The van der Waals surface area contributed by atoms with Crippen molar-refractivity contribution in [2.75, 3.05) is 14.1 Å². The second kappa shape index (κ2) is 5.59. The number of ketones is 2. The first-order valence-corrected chi connectivity index (χ1v) is 7.83. The molecule has 24 heavy (non-hydrogen) atoms. The minimum atomic E-state index is -1.03. The summed E-state index contributed by atoms with van der Waals surface area (Å²) in [5.41, 5.74) is 5.02. The zero-order valence-electron chi connectivity index (χ0n) is 13.5. The molecular formula is C17H20N2O5. The molecule has 4 atom stereocenters. The third-order valence-corrected chi connectivity index (χ3v) is 5.19. The summed E-state index contributed by atoms with van der Waals surface area (Å²) < 4.78 is 0. The van der Waals surface area contributed by atoms with Crippen LogP contribution in [0.25, 0.3) is 0 Å². The van der Waals surface area contributed by atoms with E-state index in [2.05, 4.69) is 0 Å². The van der Waals surface area contributed by atoms with E-state index < -0.39 is 35.1 Å². The zero-order valence-corrected chi connectivity index (χ0v) is 13.5. The average molecular weight is 332 g/mol. The Balaban J connectivity index is 2.19. The number of amides is 1. The number of rotatable bonds is 2. The van der Waals surface area contributed by atoms with Gasteiger partial charge in [-0.1, -0.05) is 6.08 Å².